The zero-order valence-electron chi connectivity index (χ0n) is 14.2. The molecule has 24 heavy (non-hydrogen) atoms. The van der Waals surface area contributed by atoms with Gasteiger partial charge in [0.15, 0.2) is 0 Å². The van der Waals surface area contributed by atoms with Crippen LogP contribution in [0.5, 0.6) is 0 Å². The molecule has 0 atom stereocenters. The molecule has 0 bridgehead atoms. The number of esters is 2. The zero-order chi connectivity index (χ0) is 17.4. The summed E-state index contributed by atoms with van der Waals surface area (Å²) in [6.45, 7) is 6.05. The molecule has 1 aromatic rings. The summed E-state index contributed by atoms with van der Waals surface area (Å²) in [7, 11) is 0. The second-order valence-electron chi connectivity index (χ2n) is 5.47. The molecule has 1 aliphatic rings. The topological polar surface area (TPSA) is 67.9 Å². The van der Waals surface area contributed by atoms with E-state index in [2.05, 4.69) is 10.2 Å². The van der Waals surface area contributed by atoms with E-state index in [9.17, 15) is 9.59 Å². The van der Waals surface area contributed by atoms with Gasteiger partial charge in [0.2, 0.25) is 0 Å². The van der Waals surface area contributed by atoms with Crippen molar-refractivity contribution >= 4 is 11.9 Å². The van der Waals surface area contributed by atoms with E-state index >= 15 is 0 Å². The molecule has 0 fully saturated rings. The minimum Gasteiger partial charge on any atom is -0.465 e. The molecular formula is C18H24N2O4. The first-order chi connectivity index (χ1) is 11.6. The Morgan fingerprint density at radius 3 is 2.46 bits per heavy atom. The molecule has 0 saturated heterocycles. The highest BCUT2D eigenvalue weighted by molar-refractivity contribution is 5.90. The maximum absolute atomic E-state index is 12.2. The van der Waals surface area contributed by atoms with Crippen LogP contribution in [0.3, 0.4) is 0 Å². The summed E-state index contributed by atoms with van der Waals surface area (Å²) < 4.78 is 10.0. The molecule has 0 unspecified atom stereocenters. The average Bonchev–Trinajstić information content (AvgIpc) is 2.97. The molecule has 0 amide bonds. The van der Waals surface area contributed by atoms with Gasteiger partial charge in [-0.15, -0.1) is 0 Å². The summed E-state index contributed by atoms with van der Waals surface area (Å²) in [5.74, 6) is -0.672. The van der Waals surface area contributed by atoms with Crippen molar-refractivity contribution in [3.8, 4) is 0 Å². The fourth-order valence-corrected chi connectivity index (χ4v) is 2.61. The highest BCUT2D eigenvalue weighted by Crippen LogP contribution is 2.19. The first kappa shape index (κ1) is 18.0. The molecule has 1 heterocycles. The van der Waals surface area contributed by atoms with Gasteiger partial charge in [-0.25, -0.2) is 4.79 Å². The average molecular weight is 332 g/mol. The van der Waals surface area contributed by atoms with Gasteiger partial charge in [-0.3, -0.25) is 9.69 Å². The molecule has 6 heteroatoms. The molecule has 0 saturated carbocycles. The van der Waals surface area contributed by atoms with Gasteiger partial charge in [-0.05, 0) is 19.4 Å². The van der Waals surface area contributed by atoms with Crippen molar-refractivity contribution in [2.45, 2.75) is 20.4 Å². The van der Waals surface area contributed by atoms with Crippen LogP contribution in [-0.4, -0.2) is 49.7 Å². The van der Waals surface area contributed by atoms with Gasteiger partial charge in [0.1, 0.15) is 6.54 Å². The standard InChI is InChI=1S/C18H24N2O4/c1-3-23-17(21)10-19-16-13-20(11-14-8-6-5-7-9-14)12-15(16)18(22)24-4-2/h5-9,19H,3-4,10-13H2,1-2H3. The van der Waals surface area contributed by atoms with Crippen molar-refractivity contribution in [1.82, 2.24) is 10.2 Å². The zero-order valence-corrected chi connectivity index (χ0v) is 14.2. The molecular weight excluding hydrogens is 308 g/mol. The van der Waals surface area contributed by atoms with E-state index in [4.69, 9.17) is 9.47 Å². The highest BCUT2D eigenvalue weighted by Gasteiger charge is 2.28. The Hall–Kier alpha value is -2.34. The number of ether oxygens (including phenoxy) is 2. The number of nitrogens with one attached hydrogen (secondary N) is 1. The van der Waals surface area contributed by atoms with Gasteiger partial charge < -0.3 is 14.8 Å². The van der Waals surface area contributed by atoms with Crippen molar-refractivity contribution in [2.24, 2.45) is 0 Å². The van der Waals surface area contributed by atoms with Gasteiger partial charge in [-0.1, -0.05) is 30.3 Å². The Labute approximate surface area is 142 Å². The lowest BCUT2D eigenvalue weighted by molar-refractivity contribution is -0.142. The van der Waals surface area contributed by atoms with Gasteiger partial charge in [-0.2, -0.15) is 0 Å². The van der Waals surface area contributed by atoms with Crippen LogP contribution in [0.2, 0.25) is 0 Å². The molecule has 1 aromatic carbocycles. The first-order valence-electron chi connectivity index (χ1n) is 8.19. The molecule has 0 aromatic heterocycles. The third kappa shape index (κ3) is 5.09. The molecule has 1 N–H and O–H groups in total. The maximum Gasteiger partial charge on any atom is 0.337 e. The quantitative estimate of drug-likeness (QED) is 0.727. The maximum atomic E-state index is 12.2. The molecule has 2 rings (SSSR count). The number of benzene rings is 1. The lowest BCUT2D eigenvalue weighted by Crippen LogP contribution is -2.28. The minimum atomic E-state index is -0.338. The van der Waals surface area contributed by atoms with Crippen LogP contribution in [0, 0.1) is 0 Å². The van der Waals surface area contributed by atoms with Crippen LogP contribution in [-0.2, 0) is 25.6 Å². The number of rotatable bonds is 8. The molecule has 0 aliphatic carbocycles. The van der Waals surface area contributed by atoms with E-state index in [1.165, 1.54) is 5.56 Å². The molecule has 0 radical (unpaired) electrons. The third-order valence-electron chi connectivity index (χ3n) is 3.65. The molecule has 1 aliphatic heterocycles. The lowest BCUT2D eigenvalue weighted by atomic mass is 10.2. The Balaban J connectivity index is 2.02. The molecule has 0 spiro atoms. The van der Waals surface area contributed by atoms with Crippen molar-refractivity contribution in [3.63, 3.8) is 0 Å². The van der Waals surface area contributed by atoms with Crippen molar-refractivity contribution < 1.29 is 19.1 Å². The number of carbonyl (C=O) groups excluding carboxylic acids is 2. The smallest absolute Gasteiger partial charge is 0.337 e. The summed E-state index contributed by atoms with van der Waals surface area (Å²) in [4.78, 5) is 25.8. The number of hydrogen-bond acceptors (Lipinski definition) is 6. The Bertz CT molecular complexity index is 598. The monoisotopic (exact) mass is 332 g/mol. The fraction of sp³-hybridized carbons (Fsp3) is 0.444. The Morgan fingerprint density at radius 2 is 1.79 bits per heavy atom. The predicted molar refractivity (Wildman–Crippen MR) is 90.0 cm³/mol. The summed E-state index contributed by atoms with van der Waals surface area (Å²) >= 11 is 0. The lowest BCUT2D eigenvalue weighted by Gasteiger charge is -2.16. The van der Waals surface area contributed by atoms with E-state index in [-0.39, 0.29) is 18.5 Å². The normalized spacial score (nSPS) is 14.6. The van der Waals surface area contributed by atoms with E-state index in [0.717, 1.165) is 12.2 Å². The van der Waals surface area contributed by atoms with E-state index in [1.54, 1.807) is 13.8 Å². The van der Waals surface area contributed by atoms with Crippen LogP contribution in [0.25, 0.3) is 0 Å². The van der Waals surface area contributed by atoms with Crippen LogP contribution < -0.4 is 5.32 Å². The third-order valence-corrected chi connectivity index (χ3v) is 3.65. The Kier molecular flexibility index (Phi) is 6.81. The Morgan fingerprint density at radius 1 is 1.08 bits per heavy atom. The fourth-order valence-electron chi connectivity index (χ4n) is 2.61. The largest absolute Gasteiger partial charge is 0.465 e. The van der Waals surface area contributed by atoms with Crippen LogP contribution >= 0.6 is 0 Å². The highest BCUT2D eigenvalue weighted by atomic mass is 16.5. The van der Waals surface area contributed by atoms with Crippen LogP contribution in [0.15, 0.2) is 41.6 Å². The number of nitrogens with zero attached hydrogens (tertiary/aromatic N) is 1. The van der Waals surface area contributed by atoms with Crippen molar-refractivity contribution in [1.29, 1.82) is 0 Å². The molecule has 6 nitrogen and oxygen atoms in total. The second-order valence-corrected chi connectivity index (χ2v) is 5.47. The van der Waals surface area contributed by atoms with Crippen molar-refractivity contribution in [2.75, 3.05) is 32.8 Å². The summed E-state index contributed by atoms with van der Waals surface area (Å²) in [6, 6.07) is 10.1. The summed E-state index contributed by atoms with van der Waals surface area (Å²) in [5.41, 5.74) is 2.49. The van der Waals surface area contributed by atoms with E-state index in [1.807, 2.05) is 30.3 Å². The molecule has 130 valence electrons. The summed E-state index contributed by atoms with van der Waals surface area (Å²) in [6.07, 6.45) is 0. The minimum absolute atomic E-state index is 0.0469. The van der Waals surface area contributed by atoms with Crippen LogP contribution in [0.4, 0.5) is 0 Å². The summed E-state index contributed by atoms with van der Waals surface area (Å²) in [5, 5.41) is 3.03. The van der Waals surface area contributed by atoms with E-state index < -0.39 is 0 Å². The predicted octanol–water partition coefficient (Wildman–Crippen LogP) is 1.47. The van der Waals surface area contributed by atoms with E-state index in [0.29, 0.717) is 31.9 Å². The SMILES string of the molecule is CCOC(=O)CNC1=C(C(=O)OCC)CN(Cc2ccccc2)C1. The number of carbonyl (C=O) groups is 2. The van der Waals surface area contributed by atoms with Gasteiger partial charge >= 0.3 is 11.9 Å². The van der Waals surface area contributed by atoms with Crippen LogP contribution in [0.1, 0.15) is 19.4 Å². The number of hydrogen-bond donors (Lipinski definition) is 1. The van der Waals surface area contributed by atoms with Gasteiger partial charge in [0.25, 0.3) is 0 Å². The van der Waals surface area contributed by atoms with Gasteiger partial charge in [0, 0.05) is 25.3 Å². The second kappa shape index (κ2) is 9.08. The first-order valence-corrected chi connectivity index (χ1v) is 8.19. The van der Waals surface area contributed by atoms with Gasteiger partial charge in [0.05, 0.1) is 18.8 Å². The van der Waals surface area contributed by atoms with Crippen molar-refractivity contribution in [3.05, 3.63) is 47.2 Å².